The van der Waals surface area contributed by atoms with Gasteiger partial charge in [-0.3, -0.25) is 0 Å². The van der Waals surface area contributed by atoms with Crippen molar-refractivity contribution in [2.45, 2.75) is 0 Å². The molecule has 10 aromatic carbocycles. The van der Waals surface area contributed by atoms with Crippen molar-refractivity contribution in [1.82, 2.24) is 0 Å². The van der Waals surface area contributed by atoms with E-state index in [2.05, 4.69) is 140 Å². The maximum Gasteiger partial charge on any atom is 0.114 e. The fraction of sp³-hybridized carbons (Fsp3) is 0. The zero-order valence-electron chi connectivity index (χ0n) is 23.4. The van der Waals surface area contributed by atoms with Gasteiger partial charge in [0.1, 0.15) is 7.85 Å². The second-order valence-electron chi connectivity index (χ2n) is 11.8. The Balaban J connectivity index is 1.62. The standard InChI is InChI=1S/C42H23B/c43-35-22-21-32-39-29(35)18-10-20-31(39)42-37(25-13-5-2-6-14-25)40-30-19-9-17-28-26-15-7-8-16-27(26)33(38(28)30)23-34(40)36(41(32)42)24-11-3-1-4-12-24/h1-23H. The van der Waals surface area contributed by atoms with E-state index in [4.69, 9.17) is 7.85 Å². The van der Waals surface area contributed by atoms with Crippen LogP contribution in [0.5, 0.6) is 0 Å². The molecule has 194 valence electrons. The van der Waals surface area contributed by atoms with Crippen LogP contribution in [-0.4, -0.2) is 7.85 Å². The summed E-state index contributed by atoms with van der Waals surface area (Å²) >= 11 is 0. The normalized spacial score (nSPS) is 12.3. The van der Waals surface area contributed by atoms with E-state index in [0.29, 0.717) is 0 Å². The van der Waals surface area contributed by atoms with Crippen molar-refractivity contribution < 1.29 is 0 Å². The summed E-state index contributed by atoms with van der Waals surface area (Å²) in [5.74, 6) is 0. The average molecular weight is 538 g/mol. The third-order valence-electron chi connectivity index (χ3n) is 9.68. The van der Waals surface area contributed by atoms with Crippen molar-refractivity contribution in [3.05, 3.63) is 140 Å². The Bertz CT molecular complexity index is 2700. The Hall–Kier alpha value is -5.40. The van der Waals surface area contributed by atoms with Gasteiger partial charge in [0.15, 0.2) is 0 Å². The second kappa shape index (κ2) is 8.34. The molecule has 0 aliphatic carbocycles. The number of hydrogen-bond donors (Lipinski definition) is 0. The van der Waals surface area contributed by atoms with Crippen molar-refractivity contribution in [2.75, 3.05) is 0 Å². The van der Waals surface area contributed by atoms with E-state index in [0.717, 1.165) is 10.8 Å². The highest BCUT2D eigenvalue weighted by molar-refractivity contribution is 6.48. The molecule has 0 amide bonds. The number of hydrogen-bond acceptors (Lipinski definition) is 0. The van der Waals surface area contributed by atoms with Gasteiger partial charge in [0.05, 0.1) is 0 Å². The van der Waals surface area contributed by atoms with E-state index in [1.807, 2.05) is 0 Å². The summed E-state index contributed by atoms with van der Waals surface area (Å²) in [7, 11) is 6.62. The minimum absolute atomic E-state index is 0.823. The monoisotopic (exact) mass is 538 g/mol. The van der Waals surface area contributed by atoms with Crippen LogP contribution >= 0.6 is 0 Å². The summed E-state index contributed by atoms with van der Waals surface area (Å²) in [5.41, 5.74) is 5.88. The van der Waals surface area contributed by atoms with Crippen LogP contribution in [0, 0.1) is 0 Å². The van der Waals surface area contributed by atoms with E-state index < -0.39 is 0 Å². The molecular formula is C42H23B. The fourth-order valence-electron chi connectivity index (χ4n) is 8.03. The van der Waals surface area contributed by atoms with E-state index in [1.165, 1.54) is 92.3 Å². The number of rotatable bonds is 2. The molecule has 2 radical (unpaired) electrons. The Morgan fingerprint density at radius 2 is 0.767 bits per heavy atom. The van der Waals surface area contributed by atoms with Crippen molar-refractivity contribution in [3.63, 3.8) is 0 Å². The lowest BCUT2D eigenvalue weighted by Gasteiger charge is -2.19. The zero-order valence-corrected chi connectivity index (χ0v) is 23.4. The van der Waals surface area contributed by atoms with Gasteiger partial charge in [0.2, 0.25) is 0 Å². The fourth-order valence-corrected chi connectivity index (χ4v) is 8.03. The molecule has 0 spiro atoms. The first-order valence-electron chi connectivity index (χ1n) is 14.9. The molecule has 0 atom stereocenters. The minimum atomic E-state index is 0.823. The van der Waals surface area contributed by atoms with Gasteiger partial charge in [0, 0.05) is 0 Å². The molecule has 0 fully saturated rings. The van der Waals surface area contributed by atoms with Crippen LogP contribution in [0.4, 0.5) is 0 Å². The Labute approximate surface area is 249 Å². The van der Waals surface area contributed by atoms with Gasteiger partial charge in [-0.2, -0.15) is 0 Å². The largest absolute Gasteiger partial charge is 0.114 e. The predicted molar refractivity (Wildman–Crippen MR) is 188 cm³/mol. The lowest BCUT2D eigenvalue weighted by atomic mass is 9.84. The van der Waals surface area contributed by atoms with Gasteiger partial charge in [-0.15, -0.1) is 0 Å². The van der Waals surface area contributed by atoms with Crippen LogP contribution in [0.2, 0.25) is 0 Å². The highest BCUT2D eigenvalue weighted by Crippen LogP contribution is 2.54. The van der Waals surface area contributed by atoms with Crippen molar-refractivity contribution >= 4 is 88.7 Å². The topological polar surface area (TPSA) is 0 Å². The van der Waals surface area contributed by atoms with Gasteiger partial charge in [0.25, 0.3) is 0 Å². The molecule has 0 bridgehead atoms. The lowest BCUT2D eigenvalue weighted by molar-refractivity contribution is 1.68. The van der Waals surface area contributed by atoms with Crippen LogP contribution in [-0.2, 0) is 0 Å². The van der Waals surface area contributed by atoms with Crippen molar-refractivity contribution in [2.24, 2.45) is 0 Å². The van der Waals surface area contributed by atoms with Gasteiger partial charge in [-0.05, 0) is 104 Å². The summed E-state index contributed by atoms with van der Waals surface area (Å²) in [5, 5.41) is 18.1. The van der Waals surface area contributed by atoms with Gasteiger partial charge in [-0.25, -0.2) is 0 Å². The number of benzene rings is 8. The van der Waals surface area contributed by atoms with Crippen LogP contribution in [0.1, 0.15) is 0 Å². The first-order chi connectivity index (χ1) is 21.3. The van der Waals surface area contributed by atoms with E-state index >= 15 is 0 Å². The molecule has 0 N–H and O–H groups in total. The van der Waals surface area contributed by atoms with E-state index in [9.17, 15) is 0 Å². The summed E-state index contributed by atoms with van der Waals surface area (Å²) in [6.45, 7) is 0. The molecule has 0 aliphatic rings. The summed E-state index contributed by atoms with van der Waals surface area (Å²) < 4.78 is 0. The van der Waals surface area contributed by atoms with E-state index in [1.54, 1.807) is 0 Å². The zero-order chi connectivity index (χ0) is 28.2. The molecule has 10 aromatic rings. The minimum Gasteiger partial charge on any atom is -0.0889 e. The van der Waals surface area contributed by atoms with Crippen LogP contribution in [0.3, 0.4) is 0 Å². The smallest absolute Gasteiger partial charge is 0.0889 e. The van der Waals surface area contributed by atoms with E-state index in [-0.39, 0.29) is 0 Å². The molecule has 1 heteroatoms. The van der Waals surface area contributed by atoms with Crippen LogP contribution in [0.25, 0.3) is 97.7 Å². The predicted octanol–water partition coefficient (Wildman–Crippen LogP) is 10.8. The molecule has 0 heterocycles. The van der Waals surface area contributed by atoms with Gasteiger partial charge in [-0.1, -0.05) is 139 Å². The molecule has 0 unspecified atom stereocenters. The molecule has 0 nitrogen and oxygen atoms in total. The third-order valence-corrected chi connectivity index (χ3v) is 9.68. The van der Waals surface area contributed by atoms with Gasteiger partial charge < -0.3 is 0 Å². The lowest BCUT2D eigenvalue weighted by Crippen LogP contribution is -2.02. The van der Waals surface area contributed by atoms with Crippen molar-refractivity contribution in [3.8, 4) is 22.3 Å². The molecule has 0 aliphatic heterocycles. The maximum absolute atomic E-state index is 6.62. The molecule has 43 heavy (non-hydrogen) atoms. The quantitative estimate of drug-likeness (QED) is 0.152. The highest BCUT2D eigenvalue weighted by Gasteiger charge is 2.26. The summed E-state index contributed by atoms with van der Waals surface area (Å²) in [4.78, 5) is 0. The molecule has 0 saturated heterocycles. The summed E-state index contributed by atoms with van der Waals surface area (Å²) in [6.07, 6.45) is 0. The Morgan fingerprint density at radius 3 is 1.49 bits per heavy atom. The van der Waals surface area contributed by atoms with Crippen LogP contribution in [0.15, 0.2) is 140 Å². The molecular weight excluding hydrogens is 515 g/mol. The average Bonchev–Trinajstić information content (AvgIpc) is 3.57. The highest BCUT2D eigenvalue weighted by atomic mass is 14.3. The van der Waals surface area contributed by atoms with Gasteiger partial charge >= 0.3 is 0 Å². The molecule has 0 saturated carbocycles. The Kier molecular flexibility index (Phi) is 4.50. The third kappa shape index (κ3) is 2.92. The van der Waals surface area contributed by atoms with Crippen molar-refractivity contribution in [1.29, 1.82) is 0 Å². The second-order valence-corrected chi connectivity index (χ2v) is 11.8. The summed E-state index contributed by atoms with van der Waals surface area (Å²) in [6, 6.07) is 51.1. The Morgan fingerprint density at radius 1 is 0.279 bits per heavy atom. The first-order valence-corrected chi connectivity index (χ1v) is 14.9. The first kappa shape index (κ1) is 23.2. The van der Waals surface area contributed by atoms with Crippen LogP contribution < -0.4 is 5.46 Å². The maximum atomic E-state index is 6.62. The molecule has 10 rings (SSSR count). The number of fused-ring (bicyclic) bond motifs is 8. The SMILES string of the molecule is [B]c1ccc2c3c(-c4ccccc4)c4cc5c6ccccc6c6cccc(c4c(-c4ccccc4)c3c3cccc1c23)c65. The molecule has 0 aromatic heterocycles.